The lowest BCUT2D eigenvalue weighted by atomic mass is 10.3. The molecule has 9 heteroatoms. The molecule has 0 aliphatic heterocycles. The molecule has 0 saturated carbocycles. The normalized spacial score (nSPS) is 10.4. The third-order valence-electron chi connectivity index (χ3n) is 3.05. The first-order valence-corrected chi connectivity index (χ1v) is 9.40. The number of hydrogen-bond donors (Lipinski definition) is 2. The van der Waals surface area contributed by atoms with Gasteiger partial charge in [-0.3, -0.25) is 9.59 Å². The minimum atomic E-state index is -0.239. The highest BCUT2D eigenvalue weighted by Crippen LogP contribution is 2.18. The highest BCUT2D eigenvalue weighted by atomic mass is 35.5. The molecular formula is C16H13ClN4O2S2. The minimum Gasteiger partial charge on any atom is -0.310 e. The first-order valence-electron chi connectivity index (χ1n) is 7.26. The second-order valence-electron chi connectivity index (χ2n) is 5.03. The molecule has 0 aliphatic rings. The third-order valence-corrected chi connectivity index (χ3v) is 4.96. The van der Waals surface area contributed by atoms with Crippen LogP contribution in [-0.2, 0) is 22.4 Å². The molecule has 0 saturated heterocycles. The summed E-state index contributed by atoms with van der Waals surface area (Å²) in [6.45, 7) is 0. The SMILES string of the molecule is O=C(Cc1csc(NC(=O)Cc2cccs2)n1)Nc1ccc(Cl)cn1. The highest BCUT2D eigenvalue weighted by Gasteiger charge is 2.11. The summed E-state index contributed by atoms with van der Waals surface area (Å²) in [6.07, 6.45) is 1.87. The van der Waals surface area contributed by atoms with E-state index in [0.717, 1.165) is 4.88 Å². The number of nitrogens with zero attached hydrogens (tertiary/aromatic N) is 2. The van der Waals surface area contributed by atoms with Crippen LogP contribution in [0.25, 0.3) is 0 Å². The summed E-state index contributed by atoms with van der Waals surface area (Å²) in [5.41, 5.74) is 0.586. The van der Waals surface area contributed by atoms with Crippen molar-refractivity contribution in [2.45, 2.75) is 12.8 Å². The van der Waals surface area contributed by atoms with Gasteiger partial charge in [0.05, 0.1) is 23.6 Å². The summed E-state index contributed by atoms with van der Waals surface area (Å²) in [5.74, 6) is 0.0591. The number of nitrogens with one attached hydrogen (secondary N) is 2. The molecular weight excluding hydrogens is 380 g/mol. The summed E-state index contributed by atoms with van der Waals surface area (Å²) >= 11 is 8.57. The van der Waals surface area contributed by atoms with E-state index < -0.39 is 0 Å². The van der Waals surface area contributed by atoms with Crippen molar-refractivity contribution in [2.75, 3.05) is 10.6 Å². The fourth-order valence-corrected chi connectivity index (χ4v) is 3.52. The van der Waals surface area contributed by atoms with E-state index in [0.29, 0.717) is 28.1 Å². The predicted molar refractivity (Wildman–Crippen MR) is 100 cm³/mol. The van der Waals surface area contributed by atoms with Gasteiger partial charge in [0.2, 0.25) is 11.8 Å². The van der Waals surface area contributed by atoms with Crippen LogP contribution in [0.1, 0.15) is 10.6 Å². The molecule has 0 aliphatic carbocycles. The molecule has 2 N–H and O–H groups in total. The van der Waals surface area contributed by atoms with Gasteiger partial charge in [-0.15, -0.1) is 22.7 Å². The van der Waals surface area contributed by atoms with Gasteiger partial charge in [0.15, 0.2) is 5.13 Å². The lowest BCUT2D eigenvalue weighted by molar-refractivity contribution is -0.116. The predicted octanol–water partition coefficient (Wildman–Crippen LogP) is 3.62. The van der Waals surface area contributed by atoms with Gasteiger partial charge in [-0.2, -0.15) is 0 Å². The molecule has 2 amide bonds. The van der Waals surface area contributed by atoms with E-state index in [1.807, 2.05) is 17.5 Å². The van der Waals surface area contributed by atoms with Crippen molar-refractivity contribution in [3.8, 4) is 0 Å². The zero-order valence-electron chi connectivity index (χ0n) is 12.9. The van der Waals surface area contributed by atoms with Gasteiger partial charge in [-0.1, -0.05) is 17.7 Å². The molecule has 0 aromatic carbocycles. The minimum absolute atomic E-state index is 0.0988. The number of hydrogen-bond acceptors (Lipinski definition) is 6. The van der Waals surface area contributed by atoms with Crippen molar-refractivity contribution >= 4 is 57.0 Å². The zero-order chi connectivity index (χ0) is 17.6. The van der Waals surface area contributed by atoms with E-state index in [1.54, 1.807) is 17.5 Å². The Balaban J connectivity index is 1.51. The standard InChI is InChI=1S/C16H13ClN4O2S2/c17-10-3-4-13(18-8-10)20-14(22)6-11-9-25-16(19-11)21-15(23)7-12-2-1-5-24-12/h1-5,8-9H,6-7H2,(H,18,20,22)(H,19,21,23). The van der Waals surface area contributed by atoms with E-state index in [-0.39, 0.29) is 18.2 Å². The molecule has 3 aromatic rings. The molecule has 0 atom stereocenters. The molecule has 3 heterocycles. The number of halogens is 1. The Morgan fingerprint density at radius 2 is 1.92 bits per heavy atom. The monoisotopic (exact) mass is 392 g/mol. The Morgan fingerprint density at radius 1 is 1.08 bits per heavy atom. The molecule has 3 aromatic heterocycles. The fourth-order valence-electron chi connectivity index (χ4n) is 1.98. The maximum absolute atomic E-state index is 12.0. The van der Waals surface area contributed by atoms with E-state index in [1.165, 1.54) is 28.9 Å². The summed E-state index contributed by atoms with van der Waals surface area (Å²) in [5, 5.41) is 10.1. The van der Waals surface area contributed by atoms with Crippen LogP contribution in [0.5, 0.6) is 0 Å². The number of carbonyl (C=O) groups is 2. The van der Waals surface area contributed by atoms with Crippen molar-refractivity contribution in [1.82, 2.24) is 9.97 Å². The van der Waals surface area contributed by atoms with Gasteiger partial charge >= 0.3 is 0 Å². The zero-order valence-corrected chi connectivity index (χ0v) is 15.2. The molecule has 6 nitrogen and oxygen atoms in total. The van der Waals surface area contributed by atoms with E-state index in [4.69, 9.17) is 11.6 Å². The number of pyridine rings is 1. The maximum atomic E-state index is 12.0. The van der Waals surface area contributed by atoms with Crippen LogP contribution >= 0.6 is 34.3 Å². The molecule has 128 valence electrons. The average Bonchev–Trinajstić information content (AvgIpc) is 3.22. The number of thiazole rings is 1. The van der Waals surface area contributed by atoms with Crippen LogP contribution in [0.4, 0.5) is 10.9 Å². The Kier molecular flexibility index (Phi) is 5.75. The number of carbonyl (C=O) groups excluding carboxylic acids is 2. The second kappa shape index (κ2) is 8.19. The number of amides is 2. The summed E-state index contributed by atoms with van der Waals surface area (Å²) in [4.78, 5) is 33.2. The van der Waals surface area contributed by atoms with Crippen LogP contribution in [0.15, 0.2) is 41.2 Å². The van der Waals surface area contributed by atoms with Gasteiger partial charge < -0.3 is 10.6 Å². The lowest BCUT2D eigenvalue weighted by Crippen LogP contribution is -2.16. The van der Waals surface area contributed by atoms with E-state index in [2.05, 4.69) is 20.6 Å². The van der Waals surface area contributed by atoms with Gasteiger partial charge in [0, 0.05) is 16.5 Å². The molecule has 0 bridgehead atoms. The largest absolute Gasteiger partial charge is 0.310 e. The Labute approximate surface area is 156 Å². The Morgan fingerprint density at radius 3 is 2.64 bits per heavy atom. The van der Waals surface area contributed by atoms with Crippen molar-refractivity contribution in [3.05, 3.63) is 56.8 Å². The van der Waals surface area contributed by atoms with Gasteiger partial charge in [0.1, 0.15) is 5.82 Å². The smallest absolute Gasteiger partial charge is 0.231 e. The van der Waals surface area contributed by atoms with E-state index >= 15 is 0 Å². The molecule has 0 unspecified atom stereocenters. The molecule has 3 rings (SSSR count). The number of anilines is 2. The lowest BCUT2D eigenvalue weighted by Gasteiger charge is -2.03. The third kappa shape index (κ3) is 5.35. The van der Waals surface area contributed by atoms with Crippen LogP contribution in [0, 0.1) is 0 Å². The van der Waals surface area contributed by atoms with Crippen LogP contribution in [0.3, 0.4) is 0 Å². The summed E-state index contributed by atoms with van der Waals surface area (Å²) in [7, 11) is 0. The molecule has 0 fully saturated rings. The van der Waals surface area contributed by atoms with Gasteiger partial charge in [-0.05, 0) is 23.6 Å². The van der Waals surface area contributed by atoms with Crippen molar-refractivity contribution in [3.63, 3.8) is 0 Å². The number of rotatable bonds is 6. The second-order valence-corrected chi connectivity index (χ2v) is 7.36. The number of aromatic nitrogens is 2. The summed E-state index contributed by atoms with van der Waals surface area (Å²) < 4.78 is 0. The molecule has 0 radical (unpaired) electrons. The average molecular weight is 393 g/mol. The van der Waals surface area contributed by atoms with Crippen molar-refractivity contribution in [1.29, 1.82) is 0 Å². The van der Waals surface area contributed by atoms with Crippen molar-refractivity contribution in [2.24, 2.45) is 0 Å². The Bertz CT molecular complexity index is 863. The topological polar surface area (TPSA) is 84.0 Å². The van der Waals surface area contributed by atoms with Gasteiger partial charge in [-0.25, -0.2) is 9.97 Å². The summed E-state index contributed by atoms with van der Waals surface area (Å²) in [6, 6.07) is 7.08. The van der Waals surface area contributed by atoms with Crippen LogP contribution < -0.4 is 10.6 Å². The van der Waals surface area contributed by atoms with Gasteiger partial charge in [0.25, 0.3) is 0 Å². The quantitative estimate of drug-likeness (QED) is 0.671. The highest BCUT2D eigenvalue weighted by molar-refractivity contribution is 7.14. The fraction of sp³-hybridized carbons (Fsp3) is 0.125. The first-order chi connectivity index (χ1) is 12.1. The Hall–Kier alpha value is -2.29. The van der Waals surface area contributed by atoms with E-state index in [9.17, 15) is 9.59 Å². The maximum Gasteiger partial charge on any atom is 0.231 e. The molecule has 0 spiro atoms. The van der Waals surface area contributed by atoms with Crippen LogP contribution in [-0.4, -0.2) is 21.8 Å². The first kappa shape index (κ1) is 17.5. The molecule has 25 heavy (non-hydrogen) atoms. The van der Waals surface area contributed by atoms with Crippen LogP contribution in [0.2, 0.25) is 5.02 Å². The number of thiophene rings is 1. The van der Waals surface area contributed by atoms with Crippen molar-refractivity contribution < 1.29 is 9.59 Å².